The molecule has 0 aliphatic carbocycles. The van der Waals surface area contributed by atoms with Crippen molar-refractivity contribution in [2.24, 2.45) is 7.05 Å². The van der Waals surface area contributed by atoms with Crippen LogP contribution in [0.5, 0.6) is 5.75 Å². The maximum absolute atomic E-state index is 13.2. The second kappa shape index (κ2) is 4.31. The molecule has 0 unspecified atom stereocenters. The Morgan fingerprint density at radius 3 is 2.58 bits per heavy atom. The molecular weight excluding hydrogens is 243 g/mol. The largest absolute Gasteiger partial charge is 0.505 e. The number of anilines is 2. The Labute approximate surface area is 109 Å². The summed E-state index contributed by atoms with van der Waals surface area (Å²) in [6, 6.07) is 12.2. The summed E-state index contributed by atoms with van der Waals surface area (Å²) < 4.78 is 15.3. The first-order valence-corrected chi connectivity index (χ1v) is 5.94. The predicted molar refractivity (Wildman–Crippen MR) is 74.3 cm³/mol. The number of aromatic hydroxyl groups is 1. The van der Waals surface area contributed by atoms with Crippen LogP contribution in [0.3, 0.4) is 0 Å². The van der Waals surface area contributed by atoms with Gasteiger partial charge in [-0.3, -0.25) is 0 Å². The van der Waals surface area contributed by atoms with Crippen LogP contribution >= 0.6 is 0 Å². The molecule has 2 aromatic carbocycles. The van der Waals surface area contributed by atoms with Gasteiger partial charge in [0.1, 0.15) is 0 Å². The summed E-state index contributed by atoms with van der Waals surface area (Å²) in [5.74, 6) is -0.977. The highest BCUT2D eigenvalue weighted by Gasteiger charge is 2.03. The SMILES string of the molecule is Cn1ccc2cc(Nc3ccc(O)c(F)c3)ccc21. The monoisotopic (exact) mass is 256 g/mol. The fraction of sp³-hybridized carbons (Fsp3) is 0.0667. The van der Waals surface area contributed by atoms with E-state index in [1.807, 2.05) is 42.1 Å². The number of nitrogens with one attached hydrogen (secondary N) is 1. The lowest BCUT2D eigenvalue weighted by Gasteiger charge is -2.07. The first kappa shape index (κ1) is 11.6. The van der Waals surface area contributed by atoms with Crippen molar-refractivity contribution in [2.75, 3.05) is 5.32 Å². The lowest BCUT2D eigenvalue weighted by atomic mass is 10.2. The van der Waals surface area contributed by atoms with Crippen LogP contribution in [0, 0.1) is 5.82 Å². The highest BCUT2D eigenvalue weighted by Crippen LogP contribution is 2.25. The first-order valence-electron chi connectivity index (χ1n) is 5.94. The van der Waals surface area contributed by atoms with Crippen molar-refractivity contribution < 1.29 is 9.50 Å². The molecule has 3 nitrogen and oxygen atoms in total. The number of fused-ring (bicyclic) bond motifs is 1. The Balaban J connectivity index is 1.94. The van der Waals surface area contributed by atoms with Gasteiger partial charge in [0.15, 0.2) is 11.6 Å². The van der Waals surface area contributed by atoms with Crippen LogP contribution in [0.15, 0.2) is 48.7 Å². The Hall–Kier alpha value is -2.49. The lowest BCUT2D eigenvalue weighted by molar-refractivity contribution is 0.432. The van der Waals surface area contributed by atoms with E-state index in [-0.39, 0.29) is 5.75 Å². The second-order valence-electron chi connectivity index (χ2n) is 4.49. The normalized spacial score (nSPS) is 10.8. The Bertz CT molecular complexity index is 749. The molecule has 1 aromatic heterocycles. The van der Waals surface area contributed by atoms with E-state index in [0.29, 0.717) is 5.69 Å². The summed E-state index contributed by atoms with van der Waals surface area (Å²) >= 11 is 0. The smallest absolute Gasteiger partial charge is 0.166 e. The average molecular weight is 256 g/mol. The van der Waals surface area contributed by atoms with Crippen molar-refractivity contribution >= 4 is 22.3 Å². The molecule has 0 bridgehead atoms. The third-order valence-electron chi connectivity index (χ3n) is 3.12. The van der Waals surface area contributed by atoms with E-state index < -0.39 is 5.82 Å². The van der Waals surface area contributed by atoms with Crippen molar-refractivity contribution in [3.05, 3.63) is 54.5 Å². The van der Waals surface area contributed by atoms with Crippen LogP contribution in [-0.4, -0.2) is 9.67 Å². The third kappa shape index (κ3) is 2.12. The molecule has 0 saturated carbocycles. The van der Waals surface area contributed by atoms with E-state index in [1.165, 1.54) is 12.1 Å². The summed E-state index contributed by atoms with van der Waals surface area (Å²) in [5.41, 5.74) is 2.62. The molecule has 0 amide bonds. The van der Waals surface area contributed by atoms with E-state index in [9.17, 15) is 4.39 Å². The molecule has 96 valence electrons. The van der Waals surface area contributed by atoms with Gasteiger partial charge in [-0.1, -0.05) is 0 Å². The molecule has 0 fully saturated rings. The van der Waals surface area contributed by atoms with Gasteiger partial charge in [-0.15, -0.1) is 0 Å². The molecule has 0 saturated heterocycles. The molecule has 0 aliphatic rings. The third-order valence-corrected chi connectivity index (χ3v) is 3.12. The van der Waals surface area contributed by atoms with E-state index in [2.05, 4.69) is 5.32 Å². The van der Waals surface area contributed by atoms with Crippen LogP contribution in [0.25, 0.3) is 10.9 Å². The van der Waals surface area contributed by atoms with Gasteiger partial charge in [0.25, 0.3) is 0 Å². The molecule has 3 rings (SSSR count). The molecule has 3 aromatic rings. The maximum atomic E-state index is 13.2. The summed E-state index contributed by atoms with van der Waals surface area (Å²) in [5, 5.41) is 13.4. The summed E-state index contributed by atoms with van der Waals surface area (Å²) in [6.07, 6.45) is 1.99. The van der Waals surface area contributed by atoms with Crippen LogP contribution in [-0.2, 0) is 7.05 Å². The Morgan fingerprint density at radius 1 is 1.05 bits per heavy atom. The van der Waals surface area contributed by atoms with Crippen LogP contribution in [0.4, 0.5) is 15.8 Å². The molecule has 0 radical (unpaired) electrons. The number of phenols is 1. The summed E-state index contributed by atoms with van der Waals surface area (Å²) in [4.78, 5) is 0. The van der Waals surface area contributed by atoms with Crippen molar-refractivity contribution in [3.63, 3.8) is 0 Å². The maximum Gasteiger partial charge on any atom is 0.166 e. The number of halogens is 1. The van der Waals surface area contributed by atoms with Gasteiger partial charge in [0.05, 0.1) is 0 Å². The summed E-state index contributed by atoms with van der Waals surface area (Å²) in [6.45, 7) is 0. The standard InChI is InChI=1S/C15H13FN2O/c1-18-7-6-10-8-11(2-4-14(10)18)17-12-3-5-15(19)13(16)9-12/h2-9,17,19H,1H3. The second-order valence-corrected chi connectivity index (χ2v) is 4.49. The number of nitrogens with zero attached hydrogens (tertiary/aromatic N) is 1. The van der Waals surface area contributed by atoms with E-state index in [4.69, 9.17) is 5.11 Å². The number of phenolic OH excluding ortho intramolecular Hbond substituents is 1. The van der Waals surface area contributed by atoms with Crippen LogP contribution in [0.2, 0.25) is 0 Å². The zero-order valence-electron chi connectivity index (χ0n) is 10.4. The van der Waals surface area contributed by atoms with Crippen LogP contribution < -0.4 is 5.32 Å². The van der Waals surface area contributed by atoms with Crippen molar-refractivity contribution in [1.29, 1.82) is 0 Å². The number of aryl methyl sites for hydroxylation is 1. The minimum absolute atomic E-state index is 0.343. The Kier molecular flexibility index (Phi) is 2.63. The molecule has 0 atom stereocenters. The van der Waals surface area contributed by atoms with Crippen molar-refractivity contribution in [3.8, 4) is 5.75 Å². The minimum Gasteiger partial charge on any atom is -0.505 e. The molecular formula is C15H13FN2O. The zero-order valence-corrected chi connectivity index (χ0v) is 10.4. The topological polar surface area (TPSA) is 37.2 Å². The van der Waals surface area contributed by atoms with Gasteiger partial charge >= 0.3 is 0 Å². The molecule has 0 spiro atoms. The predicted octanol–water partition coefficient (Wildman–Crippen LogP) is 3.77. The van der Waals surface area contributed by atoms with Gasteiger partial charge in [-0.2, -0.15) is 0 Å². The number of hydrogen-bond donors (Lipinski definition) is 2. The molecule has 0 aliphatic heterocycles. The van der Waals surface area contributed by atoms with Crippen LogP contribution in [0.1, 0.15) is 0 Å². The van der Waals surface area contributed by atoms with Gasteiger partial charge in [0, 0.05) is 41.6 Å². The molecule has 1 heterocycles. The number of benzene rings is 2. The fourth-order valence-electron chi connectivity index (χ4n) is 2.11. The minimum atomic E-state index is -0.634. The van der Waals surface area contributed by atoms with Crippen molar-refractivity contribution in [2.45, 2.75) is 0 Å². The summed E-state index contributed by atoms with van der Waals surface area (Å²) in [7, 11) is 1.99. The molecule has 4 heteroatoms. The number of rotatable bonds is 2. The first-order chi connectivity index (χ1) is 9.13. The lowest BCUT2D eigenvalue weighted by Crippen LogP contribution is -1.91. The van der Waals surface area contributed by atoms with E-state index >= 15 is 0 Å². The number of aromatic nitrogens is 1. The molecule has 19 heavy (non-hydrogen) atoms. The van der Waals surface area contributed by atoms with Crippen molar-refractivity contribution in [1.82, 2.24) is 4.57 Å². The van der Waals surface area contributed by atoms with E-state index in [1.54, 1.807) is 6.07 Å². The van der Waals surface area contributed by atoms with Gasteiger partial charge in [-0.05, 0) is 36.4 Å². The van der Waals surface area contributed by atoms with Gasteiger partial charge in [0.2, 0.25) is 0 Å². The number of hydrogen-bond acceptors (Lipinski definition) is 2. The highest BCUT2D eigenvalue weighted by molar-refractivity contribution is 5.84. The van der Waals surface area contributed by atoms with E-state index in [0.717, 1.165) is 16.6 Å². The van der Waals surface area contributed by atoms with Gasteiger partial charge in [-0.25, -0.2) is 4.39 Å². The Morgan fingerprint density at radius 2 is 1.79 bits per heavy atom. The fourth-order valence-corrected chi connectivity index (χ4v) is 2.11. The highest BCUT2D eigenvalue weighted by atomic mass is 19.1. The van der Waals surface area contributed by atoms with Gasteiger partial charge < -0.3 is 15.0 Å². The average Bonchev–Trinajstić information content (AvgIpc) is 2.75. The zero-order chi connectivity index (χ0) is 13.4. The molecule has 2 N–H and O–H groups in total. The quantitative estimate of drug-likeness (QED) is 0.685.